The van der Waals surface area contributed by atoms with E-state index in [2.05, 4.69) is 5.32 Å². The van der Waals surface area contributed by atoms with Gasteiger partial charge in [-0.15, -0.1) is 0 Å². The van der Waals surface area contributed by atoms with Gasteiger partial charge in [0.15, 0.2) is 0 Å². The van der Waals surface area contributed by atoms with E-state index in [1.807, 2.05) is 0 Å². The number of esters is 1. The zero-order valence-corrected chi connectivity index (χ0v) is 14.8. The van der Waals surface area contributed by atoms with Crippen LogP contribution in [0.1, 0.15) is 27.6 Å². The average molecular weight is 368 g/mol. The molecule has 3 aromatic rings. The largest absolute Gasteiger partial charge is 0.462 e. The molecule has 1 N–H and O–H groups in total. The minimum atomic E-state index is -0.620. The topological polar surface area (TPSA) is 77.4 Å². The van der Waals surface area contributed by atoms with Crippen molar-refractivity contribution in [3.63, 3.8) is 0 Å². The maximum Gasteiger partial charge on any atom is 0.338 e. The Labute approximate surface area is 154 Å². The Hall–Kier alpha value is -3.48. The number of benzene rings is 2. The summed E-state index contributed by atoms with van der Waals surface area (Å²) in [6, 6.07) is 10.3. The van der Waals surface area contributed by atoms with Gasteiger partial charge in [0.05, 0.1) is 17.7 Å². The lowest BCUT2D eigenvalue weighted by atomic mass is 10.1. The molecule has 0 spiro atoms. The van der Waals surface area contributed by atoms with E-state index in [0.29, 0.717) is 11.3 Å². The second-order valence-corrected chi connectivity index (χ2v) is 5.87. The monoisotopic (exact) mass is 368 g/mol. The summed E-state index contributed by atoms with van der Waals surface area (Å²) in [4.78, 5) is 36.8. The number of halogens is 1. The van der Waals surface area contributed by atoms with Gasteiger partial charge in [-0.25, -0.2) is 9.18 Å². The molecular formula is C20H17FN2O4. The second-order valence-electron chi connectivity index (χ2n) is 5.87. The smallest absolute Gasteiger partial charge is 0.338 e. The third-order valence-corrected chi connectivity index (χ3v) is 4.05. The molecule has 0 bridgehead atoms. The number of hydrogen-bond acceptors (Lipinski definition) is 4. The minimum absolute atomic E-state index is 0.106. The fourth-order valence-electron chi connectivity index (χ4n) is 2.78. The van der Waals surface area contributed by atoms with Gasteiger partial charge in [-0.1, -0.05) is 6.07 Å². The van der Waals surface area contributed by atoms with Crippen molar-refractivity contribution in [1.82, 2.24) is 4.57 Å². The van der Waals surface area contributed by atoms with E-state index in [1.54, 1.807) is 14.0 Å². The van der Waals surface area contributed by atoms with Crippen LogP contribution in [0.25, 0.3) is 10.9 Å². The standard InChI is InChI=1S/C20H17FN2O4/c1-3-27-20(26)12-7-9-13(10-8-12)22-19(25)15-11-23(2)17-14(18(15)24)5-4-6-16(17)21/h4-11H,3H2,1-2H3,(H,22,25). The average Bonchev–Trinajstić information content (AvgIpc) is 2.65. The van der Waals surface area contributed by atoms with Gasteiger partial charge in [0.1, 0.15) is 11.4 Å². The first kappa shape index (κ1) is 18.3. The fraction of sp³-hybridized carbons (Fsp3) is 0.150. The molecule has 0 unspecified atom stereocenters. The molecule has 3 rings (SSSR count). The Bertz CT molecular complexity index is 1090. The lowest BCUT2D eigenvalue weighted by molar-refractivity contribution is 0.0526. The summed E-state index contributed by atoms with van der Waals surface area (Å²) >= 11 is 0. The molecule has 0 atom stereocenters. The molecule has 1 heterocycles. The van der Waals surface area contributed by atoms with Crippen LogP contribution in [0.3, 0.4) is 0 Å². The van der Waals surface area contributed by atoms with Crippen LogP contribution in [0.2, 0.25) is 0 Å². The number of para-hydroxylation sites is 1. The summed E-state index contributed by atoms with van der Waals surface area (Å²) in [5.41, 5.74) is 0.243. The lowest BCUT2D eigenvalue weighted by Crippen LogP contribution is -2.23. The first-order valence-electron chi connectivity index (χ1n) is 8.28. The van der Waals surface area contributed by atoms with Gasteiger partial charge in [0, 0.05) is 24.3 Å². The third kappa shape index (κ3) is 3.57. The van der Waals surface area contributed by atoms with E-state index >= 15 is 0 Å². The number of nitrogens with one attached hydrogen (secondary N) is 1. The fourth-order valence-corrected chi connectivity index (χ4v) is 2.78. The number of amides is 1. The van der Waals surface area contributed by atoms with Crippen molar-refractivity contribution >= 4 is 28.5 Å². The summed E-state index contributed by atoms with van der Waals surface area (Å²) in [5, 5.41) is 2.73. The van der Waals surface area contributed by atoms with E-state index in [-0.39, 0.29) is 23.1 Å². The van der Waals surface area contributed by atoms with Crippen LogP contribution in [-0.4, -0.2) is 23.1 Å². The number of rotatable bonds is 4. The molecule has 1 amide bonds. The normalized spacial score (nSPS) is 10.6. The van der Waals surface area contributed by atoms with Crippen molar-refractivity contribution in [3.05, 3.63) is 75.8 Å². The molecule has 0 radical (unpaired) electrons. The number of anilines is 1. The first-order valence-corrected chi connectivity index (χ1v) is 8.28. The van der Waals surface area contributed by atoms with Gasteiger partial charge in [-0.2, -0.15) is 0 Å². The predicted molar refractivity (Wildman–Crippen MR) is 99.5 cm³/mol. The minimum Gasteiger partial charge on any atom is -0.462 e. The highest BCUT2D eigenvalue weighted by atomic mass is 19.1. The summed E-state index contributed by atoms with van der Waals surface area (Å²) in [6.45, 7) is 1.98. The van der Waals surface area contributed by atoms with Crippen molar-refractivity contribution in [2.24, 2.45) is 7.05 Å². The number of fused-ring (bicyclic) bond motifs is 1. The van der Waals surface area contributed by atoms with Crippen LogP contribution in [0, 0.1) is 5.82 Å². The van der Waals surface area contributed by atoms with Crippen molar-refractivity contribution in [1.29, 1.82) is 0 Å². The molecule has 6 nitrogen and oxygen atoms in total. The van der Waals surface area contributed by atoms with E-state index in [9.17, 15) is 18.8 Å². The van der Waals surface area contributed by atoms with Crippen molar-refractivity contribution in [2.45, 2.75) is 6.92 Å². The number of aryl methyl sites for hydroxylation is 1. The van der Waals surface area contributed by atoms with Crippen molar-refractivity contribution in [2.75, 3.05) is 11.9 Å². The van der Waals surface area contributed by atoms with Gasteiger partial charge in [-0.3, -0.25) is 9.59 Å². The van der Waals surface area contributed by atoms with Crippen LogP contribution < -0.4 is 10.7 Å². The molecule has 7 heteroatoms. The maximum atomic E-state index is 14.0. The summed E-state index contributed by atoms with van der Waals surface area (Å²) in [5.74, 6) is -1.61. The third-order valence-electron chi connectivity index (χ3n) is 4.05. The van der Waals surface area contributed by atoms with Crippen LogP contribution >= 0.6 is 0 Å². The number of nitrogens with zero attached hydrogens (tertiary/aromatic N) is 1. The summed E-state index contributed by atoms with van der Waals surface area (Å²) in [6.07, 6.45) is 1.30. The molecule has 0 aliphatic heterocycles. The number of hydrogen-bond donors (Lipinski definition) is 1. The lowest BCUT2D eigenvalue weighted by Gasteiger charge is -2.10. The molecule has 0 saturated heterocycles. The van der Waals surface area contributed by atoms with E-state index in [4.69, 9.17) is 4.74 Å². The van der Waals surface area contributed by atoms with Gasteiger partial charge in [0.2, 0.25) is 5.43 Å². The van der Waals surface area contributed by atoms with Crippen molar-refractivity contribution < 1.29 is 18.7 Å². The van der Waals surface area contributed by atoms with E-state index < -0.39 is 23.1 Å². The molecule has 0 aliphatic rings. The molecular weight excluding hydrogens is 351 g/mol. The summed E-state index contributed by atoms with van der Waals surface area (Å²) < 4.78 is 20.3. The Balaban J connectivity index is 1.90. The zero-order valence-electron chi connectivity index (χ0n) is 14.8. The van der Waals surface area contributed by atoms with Gasteiger partial charge in [-0.05, 0) is 43.3 Å². The number of pyridine rings is 1. The molecule has 1 aromatic heterocycles. The van der Waals surface area contributed by atoms with Crippen LogP contribution in [0.5, 0.6) is 0 Å². The Morgan fingerprint density at radius 3 is 2.52 bits per heavy atom. The number of carbonyl (C=O) groups is 2. The molecule has 27 heavy (non-hydrogen) atoms. The molecule has 0 aliphatic carbocycles. The highest BCUT2D eigenvalue weighted by Gasteiger charge is 2.16. The second kappa shape index (κ2) is 7.41. The Morgan fingerprint density at radius 1 is 1.15 bits per heavy atom. The van der Waals surface area contributed by atoms with Crippen LogP contribution in [0.4, 0.5) is 10.1 Å². The van der Waals surface area contributed by atoms with E-state index in [1.165, 1.54) is 53.2 Å². The predicted octanol–water partition coefficient (Wildman–Crippen LogP) is 3.11. The molecule has 0 fully saturated rings. The van der Waals surface area contributed by atoms with Gasteiger partial charge in [0.25, 0.3) is 5.91 Å². The van der Waals surface area contributed by atoms with Crippen LogP contribution in [-0.2, 0) is 11.8 Å². The maximum absolute atomic E-state index is 14.0. The zero-order chi connectivity index (χ0) is 19.6. The molecule has 0 saturated carbocycles. The first-order chi connectivity index (χ1) is 12.9. The molecule has 2 aromatic carbocycles. The highest BCUT2D eigenvalue weighted by Crippen LogP contribution is 2.16. The number of aromatic nitrogens is 1. The Morgan fingerprint density at radius 2 is 1.85 bits per heavy atom. The summed E-state index contributed by atoms with van der Waals surface area (Å²) in [7, 11) is 1.57. The number of carbonyl (C=O) groups excluding carboxylic acids is 2. The SMILES string of the molecule is CCOC(=O)c1ccc(NC(=O)c2cn(C)c3c(F)cccc3c2=O)cc1. The van der Waals surface area contributed by atoms with Crippen molar-refractivity contribution in [3.8, 4) is 0 Å². The number of ether oxygens (including phenoxy) is 1. The van der Waals surface area contributed by atoms with E-state index in [0.717, 1.165) is 0 Å². The van der Waals surface area contributed by atoms with Crippen LogP contribution in [0.15, 0.2) is 53.5 Å². The quantitative estimate of drug-likeness (QED) is 0.718. The Kier molecular flexibility index (Phi) is 5.03. The molecule has 138 valence electrons. The van der Waals surface area contributed by atoms with Gasteiger partial charge < -0.3 is 14.6 Å². The highest BCUT2D eigenvalue weighted by molar-refractivity contribution is 6.06. The van der Waals surface area contributed by atoms with Gasteiger partial charge >= 0.3 is 5.97 Å².